The second kappa shape index (κ2) is 4.81. The Morgan fingerprint density at radius 1 is 1.00 bits per heavy atom. The summed E-state index contributed by atoms with van der Waals surface area (Å²) in [4.78, 5) is 8.41. The Kier molecular flexibility index (Phi) is 2.99. The number of hydrogen-bond acceptors (Lipinski definition) is 3. The van der Waals surface area contributed by atoms with Crippen LogP contribution in [0, 0.1) is 13.8 Å². The number of anilines is 1. The lowest BCUT2D eigenvalue weighted by Gasteiger charge is -2.11. The number of pyridine rings is 1. The summed E-state index contributed by atoms with van der Waals surface area (Å²) in [5.41, 5.74) is 12.1. The highest BCUT2D eigenvalue weighted by Crippen LogP contribution is 2.27. The number of rotatable bonds is 2. The van der Waals surface area contributed by atoms with Gasteiger partial charge in [-0.25, -0.2) is 4.98 Å². The van der Waals surface area contributed by atoms with Gasteiger partial charge in [-0.3, -0.25) is 9.55 Å². The van der Waals surface area contributed by atoms with E-state index >= 15 is 0 Å². The molecule has 3 aromatic rings. The summed E-state index contributed by atoms with van der Waals surface area (Å²) < 4.78 is 2.04. The number of aromatic nitrogens is 3. The fourth-order valence-corrected chi connectivity index (χ4v) is 2.41. The smallest absolute Gasteiger partial charge is 0.0997 e. The minimum absolute atomic E-state index is 0.700. The third-order valence-electron chi connectivity index (χ3n) is 3.25. The van der Waals surface area contributed by atoms with Crippen molar-refractivity contribution in [2.24, 2.45) is 0 Å². The highest BCUT2D eigenvalue weighted by molar-refractivity contribution is 5.73. The number of hydrogen-bond donors (Lipinski definition) is 1. The first-order chi connectivity index (χ1) is 9.65. The fraction of sp³-hybridized carbons (Fsp3) is 0.125. The molecule has 3 rings (SSSR count). The Hall–Kier alpha value is -2.62. The molecule has 1 aromatic carbocycles. The zero-order valence-electron chi connectivity index (χ0n) is 11.5. The molecule has 2 heterocycles. The van der Waals surface area contributed by atoms with E-state index in [1.54, 1.807) is 24.8 Å². The van der Waals surface area contributed by atoms with Crippen molar-refractivity contribution in [3.63, 3.8) is 0 Å². The molecule has 0 amide bonds. The molecule has 100 valence electrons. The Morgan fingerprint density at radius 3 is 2.45 bits per heavy atom. The summed E-state index contributed by atoms with van der Waals surface area (Å²) in [6.45, 7) is 4.18. The second-order valence-corrected chi connectivity index (χ2v) is 4.96. The minimum atomic E-state index is 0.700. The topological polar surface area (TPSA) is 56.7 Å². The van der Waals surface area contributed by atoms with E-state index in [4.69, 9.17) is 5.73 Å². The molecule has 0 saturated heterocycles. The van der Waals surface area contributed by atoms with Crippen molar-refractivity contribution in [2.75, 3.05) is 5.73 Å². The molecule has 0 atom stereocenters. The van der Waals surface area contributed by atoms with Crippen molar-refractivity contribution in [3.05, 3.63) is 60.3 Å². The van der Waals surface area contributed by atoms with Gasteiger partial charge in [0.25, 0.3) is 0 Å². The van der Waals surface area contributed by atoms with Gasteiger partial charge in [0.2, 0.25) is 0 Å². The first kappa shape index (κ1) is 12.4. The van der Waals surface area contributed by atoms with E-state index in [9.17, 15) is 0 Å². The van der Waals surface area contributed by atoms with Crippen LogP contribution < -0.4 is 5.73 Å². The standard InChI is InChI=1S/C16H16N4/c1-11-5-12(2)7-13(6-11)20-10-19-9-16(20)14-8-18-4-3-15(14)17/h3-10H,1-2H3,(H2,17,18). The molecule has 0 aliphatic rings. The summed E-state index contributed by atoms with van der Waals surface area (Å²) >= 11 is 0. The molecule has 0 bridgehead atoms. The predicted octanol–water partition coefficient (Wildman–Crippen LogP) is 3.13. The normalized spacial score (nSPS) is 10.7. The van der Waals surface area contributed by atoms with Crippen LogP contribution in [-0.4, -0.2) is 14.5 Å². The third kappa shape index (κ3) is 2.16. The summed E-state index contributed by atoms with van der Waals surface area (Å²) in [7, 11) is 0. The number of nitrogens with zero attached hydrogens (tertiary/aromatic N) is 3. The van der Waals surface area contributed by atoms with E-state index in [-0.39, 0.29) is 0 Å². The van der Waals surface area contributed by atoms with Gasteiger partial charge >= 0.3 is 0 Å². The number of benzene rings is 1. The molecule has 2 aromatic heterocycles. The second-order valence-electron chi connectivity index (χ2n) is 4.96. The first-order valence-electron chi connectivity index (χ1n) is 6.46. The Balaban J connectivity index is 2.18. The lowest BCUT2D eigenvalue weighted by Crippen LogP contribution is -1.99. The summed E-state index contributed by atoms with van der Waals surface area (Å²) in [5.74, 6) is 0. The first-order valence-corrected chi connectivity index (χ1v) is 6.46. The number of nitrogens with two attached hydrogens (primary N) is 1. The number of imidazole rings is 1. The van der Waals surface area contributed by atoms with E-state index in [0.717, 1.165) is 16.9 Å². The third-order valence-corrected chi connectivity index (χ3v) is 3.25. The monoisotopic (exact) mass is 264 g/mol. The van der Waals surface area contributed by atoms with Crippen molar-refractivity contribution in [1.82, 2.24) is 14.5 Å². The van der Waals surface area contributed by atoms with Crippen LogP contribution in [0.2, 0.25) is 0 Å². The average Bonchev–Trinajstić information content (AvgIpc) is 2.87. The molecule has 0 unspecified atom stereocenters. The van der Waals surface area contributed by atoms with Gasteiger partial charge in [0.05, 0.1) is 18.2 Å². The summed E-state index contributed by atoms with van der Waals surface area (Å²) in [6, 6.07) is 8.21. The van der Waals surface area contributed by atoms with Crippen molar-refractivity contribution in [2.45, 2.75) is 13.8 Å². The van der Waals surface area contributed by atoms with Crippen LogP contribution in [0.4, 0.5) is 5.69 Å². The van der Waals surface area contributed by atoms with Crippen LogP contribution >= 0.6 is 0 Å². The predicted molar refractivity (Wildman–Crippen MR) is 80.7 cm³/mol. The minimum Gasteiger partial charge on any atom is -0.398 e. The highest BCUT2D eigenvalue weighted by atomic mass is 15.1. The largest absolute Gasteiger partial charge is 0.398 e. The van der Waals surface area contributed by atoms with Gasteiger partial charge in [-0.15, -0.1) is 0 Å². The fourth-order valence-electron chi connectivity index (χ4n) is 2.41. The zero-order chi connectivity index (χ0) is 14.1. The molecule has 0 fully saturated rings. The van der Waals surface area contributed by atoms with Crippen molar-refractivity contribution < 1.29 is 0 Å². The van der Waals surface area contributed by atoms with Crippen molar-refractivity contribution in [3.8, 4) is 16.9 Å². The molecule has 0 spiro atoms. The van der Waals surface area contributed by atoms with Gasteiger partial charge in [0, 0.05) is 29.3 Å². The van der Waals surface area contributed by atoms with Crippen LogP contribution in [0.15, 0.2) is 49.2 Å². The molecule has 20 heavy (non-hydrogen) atoms. The van der Waals surface area contributed by atoms with Crippen molar-refractivity contribution >= 4 is 5.69 Å². The van der Waals surface area contributed by atoms with Gasteiger partial charge < -0.3 is 5.73 Å². The Labute approximate surface area is 117 Å². The van der Waals surface area contributed by atoms with Crippen LogP contribution in [0.3, 0.4) is 0 Å². The molecule has 0 aliphatic carbocycles. The maximum Gasteiger partial charge on any atom is 0.0997 e. The quantitative estimate of drug-likeness (QED) is 0.773. The lowest BCUT2D eigenvalue weighted by molar-refractivity contribution is 1.05. The van der Waals surface area contributed by atoms with E-state index < -0.39 is 0 Å². The maximum atomic E-state index is 6.04. The molecule has 0 aliphatic heterocycles. The van der Waals surface area contributed by atoms with Crippen LogP contribution in [0.5, 0.6) is 0 Å². The summed E-state index contributed by atoms with van der Waals surface area (Å²) in [6.07, 6.45) is 7.07. The molecule has 4 nitrogen and oxygen atoms in total. The highest BCUT2D eigenvalue weighted by Gasteiger charge is 2.10. The van der Waals surface area contributed by atoms with E-state index in [1.807, 2.05) is 10.8 Å². The van der Waals surface area contributed by atoms with Crippen LogP contribution in [0.25, 0.3) is 16.9 Å². The van der Waals surface area contributed by atoms with Gasteiger partial charge in [0.15, 0.2) is 0 Å². The number of aryl methyl sites for hydroxylation is 2. The Bertz CT molecular complexity index is 738. The molecule has 0 radical (unpaired) electrons. The molecular formula is C16H16N4. The van der Waals surface area contributed by atoms with Crippen molar-refractivity contribution in [1.29, 1.82) is 0 Å². The van der Waals surface area contributed by atoms with Gasteiger partial charge in [-0.2, -0.15) is 0 Å². The van der Waals surface area contributed by atoms with Gasteiger partial charge in [0.1, 0.15) is 0 Å². The van der Waals surface area contributed by atoms with Gasteiger partial charge in [-0.1, -0.05) is 6.07 Å². The molecule has 4 heteroatoms. The molecule has 0 saturated carbocycles. The lowest BCUT2D eigenvalue weighted by atomic mass is 10.1. The van der Waals surface area contributed by atoms with Gasteiger partial charge in [-0.05, 0) is 43.2 Å². The Morgan fingerprint density at radius 2 is 1.75 bits per heavy atom. The maximum absolute atomic E-state index is 6.04. The summed E-state index contributed by atoms with van der Waals surface area (Å²) in [5, 5.41) is 0. The zero-order valence-corrected chi connectivity index (χ0v) is 11.5. The molecular weight excluding hydrogens is 248 g/mol. The average molecular weight is 264 g/mol. The number of nitrogen functional groups attached to an aromatic ring is 1. The van der Waals surface area contributed by atoms with E-state index in [2.05, 4.69) is 42.0 Å². The van der Waals surface area contributed by atoms with Crippen LogP contribution in [0.1, 0.15) is 11.1 Å². The van der Waals surface area contributed by atoms with E-state index in [0.29, 0.717) is 5.69 Å². The SMILES string of the molecule is Cc1cc(C)cc(-n2cncc2-c2cnccc2N)c1. The van der Waals surface area contributed by atoms with E-state index in [1.165, 1.54) is 11.1 Å². The van der Waals surface area contributed by atoms with Crippen LogP contribution in [-0.2, 0) is 0 Å². The molecule has 2 N–H and O–H groups in total.